The van der Waals surface area contributed by atoms with Crippen molar-refractivity contribution in [3.63, 3.8) is 0 Å². The molecule has 2 nitrogen and oxygen atoms in total. The monoisotopic (exact) mass is 180 g/mol. The molecule has 2 aromatic rings. The van der Waals surface area contributed by atoms with Gasteiger partial charge in [-0.1, -0.05) is 30.3 Å². The van der Waals surface area contributed by atoms with Crippen LogP contribution in [0.2, 0.25) is 0 Å². The molecule has 0 saturated heterocycles. The first-order valence-corrected chi connectivity index (χ1v) is 4.17. The molecule has 14 heavy (non-hydrogen) atoms. The van der Waals surface area contributed by atoms with Crippen LogP contribution in [0.15, 0.2) is 36.4 Å². The molecule has 0 unspecified atom stereocenters. The average Bonchev–Trinajstić information content (AvgIpc) is 2.27. The molecule has 0 aliphatic rings. The molecule has 65 valence electrons. The second-order valence-electron chi connectivity index (χ2n) is 2.92. The van der Waals surface area contributed by atoms with Gasteiger partial charge in [0, 0.05) is 0 Å². The summed E-state index contributed by atoms with van der Waals surface area (Å²) >= 11 is 0. The first-order chi connectivity index (χ1) is 6.86. The van der Waals surface area contributed by atoms with E-state index in [0.29, 0.717) is 11.1 Å². The van der Waals surface area contributed by atoms with Gasteiger partial charge in [0.2, 0.25) is 6.29 Å². The van der Waals surface area contributed by atoms with Crippen LogP contribution in [0.4, 0.5) is 0 Å². The zero-order chi connectivity index (χ0) is 9.97. The fraction of sp³-hybridized carbons (Fsp3) is 0. The minimum Gasteiger partial charge on any atom is -0.285 e. The number of nitrogens with zero attached hydrogens (tertiary/aromatic N) is 1. The van der Waals surface area contributed by atoms with E-state index in [4.69, 9.17) is 5.26 Å². The number of rotatable bonds is 1. The molecular weight excluding hydrogens is 174 g/mol. The lowest BCUT2D eigenvalue weighted by Crippen LogP contribution is -1.89. The van der Waals surface area contributed by atoms with Crippen LogP contribution >= 0.6 is 0 Å². The summed E-state index contributed by atoms with van der Waals surface area (Å²) in [6, 6.07) is 12.9. The van der Waals surface area contributed by atoms with Gasteiger partial charge in [0.05, 0.1) is 17.2 Å². The lowest BCUT2D eigenvalue weighted by atomic mass is 10.0. The Bertz CT molecular complexity index is 538. The van der Waals surface area contributed by atoms with Crippen molar-refractivity contribution in [2.75, 3.05) is 0 Å². The van der Waals surface area contributed by atoms with E-state index in [2.05, 4.69) is 0 Å². The van der Waals surface area contributed by atoms with Crippen LogP contribution in [-0.4, -0.2) is 6.29 Å². The van der Waals surface area contributed by atoms with Gasteiger partial charge in [0.25, 0.3) is 0 Å². The maximum Gasteiger partial charge on any atom is 0.235 e. The maximum atomic E-state index is 10.7. The molecule has 0 aliphatic heterocycles. The Hall–Kier alpha value is -2.14. The lowest BCUT2D eigenvalue weighted by Gasteiger charge is -2.00. The molecule has 1 radical (unpaired) electrons. The Morgan fingerprint density at radius 2 is 1.86 bits per heavy atom. The number of nitriles is 1. The number of benzene rings is 2. The lowest BCUT2D eigenvalue weighted by molar-refractivity contribution is 0.563. The Morgan fingerprint density at radius 1 is 1.07 bits per heavy atom. The number of fused-ring (bicyclic) bond motifs is 1. The van der Waals surface area contributed by atoms with E-state index in [9.17, 15) is 4.79 Å². The highest BCUT2D eigenvalue weighted by Crippen LogP contribution is 2.20. The van der Waals surface area contributed by atoms with Crippen molar-refractivity contribution in [3.8, 4) is 6.07 Å². The molecule has 2 heteroatoms. The van der Waals surface area contributed by atoms with Gasteiger partial charge in [0.1, 0.15) is 0 Å². The van der Waals surface area contributed by atoms with Crippen molar-refractivity contribution in [2.24, 2.45) is 0 Å². The molecule has 2 aromatic carbocycles. The summed E-state index contributed by atoms with van der Waals surface area (Å²) in [5.74, 6) is 0. The van der Waals surface area contributed by atoms with Crippen LogP contribution in [-0.2, 0) is 4.79 Å². The van der Waals surface area contributed by atoms with E-state index in [1.54, 1.807) is 6.07 Å². The summed E-state index contributed by atoms with van der Waals surface area (Å²) in [4.78, 5) is 10.7. The quantitative estimate of drug-likeness (QED) is 0.674. The van der Waals surface area contributed by atoms with Crippen LogP contribution in [0.5, 0.6) is 0 Å². The Kier molecular flexibility index (Phi) is 2.00. The third kappa shape index (κ3) is 1.16. The minimum atomic E-state index is 0.352. The summed E-state index contributed by atoms with van der Waals surface area (Å²) in [7, 11) is 0. The summed E-state index contributed by atoms with van der Waals surface area (Å²) in [5.41, 5.74) is 0.726. The van der Waals surface area contributed by atoms with E-state index >= 15 is 0 Å². The van der Waals surface area contributed by atoms with Gasteiger partial charge in [-0.05, 0) is 16.8 Å². The van der Waals surface area contributed by atoms with Crippen molar-refractivity contribution in [3.05, 3.63) is 47.5 Å². The Morgan fingerprint density at radius 3 is 2.57 bits per heavy atom. The number of hydrogen-bond acceptors (Lipinski definition) is 2. The van der Waals surface area contributed by atoms with Gasteiger partial charge < -0.3 is 0 Å². The molecule has 0 bridgehead atoms. The second kappa shape index (κ2) is 3.31. The molecule has 2 rings (SSSR count). The van der Waals surface area contributed by atoms with Crippen LogP contribution in [0, 0.1) is 11.3 Å². The van der Waals surface area contributed by atoms with Crippen molar-refractivity contribution in [2.45, 2.75) is 0 Å². The molecule has 0 saturated carbocycles. The highest BCUT2D eigenvalue weighted by atomic mass is 16.1. The van der Waals surface area contributed by atoms with Crippen LogP contribution in [0.25, 0.3) is 10.8 Å². The fourth-order valence-electron chi connectivity index (χ4n) is 1.47. The van der Waals surface area contributed by atoms with Crippen molar-refractivity contribution >= 4 is 17.1 Å². The Labute approximate surface area is 81.4 Å². The highest BCUT2D eigenvalue weighted by Gasteiger charge is 2.05. The molecule has 0 N–H and O–H groups in total. The molecule has 0 aliphatic carbocycles. The molecule has 0 aromatic heterocycles. The van der Waals surface area contributed by atoms with Crippen LogP contribution in [0.1, 0.15) is 11.1 Å². The van der Waals surface area contributed by atoms with Gasteiger partial charge in [-0.3, -0.25) is 4.79 Å². The Balaban J connectivity index is 2.92. The van der Waals surface area contributed by atoms with Gasteiger partial charge in [0.15, 0.2) is 0 Å². The van der Waals surface area contributed by atoms with E-state index in [1.807, 2.05) is 42.7 Å². The first-order valence-electron chi connectivity index (χ1n) is 4.17. The third-order valence-electron chi connectivity index (χ3n) is 2.15. The van der Waals surface area contributed by atoms with Crippen molar-refractivity contribution in [1.82, 2.24) is 0 Å². The van der Waals surface area contributed by atoms with E-state index in [-0.39, 0.29) is 0 Å². The van der Waals surface area contributed by atoms with Crippen molar-refractivity contribution in [1.29, 1.82) is 5.26 Å². The maximum absolute atomic E-state index is 10.7. The predicted molar refractivity (Wildman–Crippen MR) is 53.5 cm³/mol. The predicted octanol–water partition coefficient (Wildman–Crippen LogP) is 2.17. The second-order valence-corrected chi connectivity index (χ2v) is 2.92. The smallest absolute Gasteiger partial charge is 0.235 e. The van der Waals surface area contributed by atoms with Gasteiger partial charge >= 0.3 is 0 Å². The average molecular weight is 180 g/mol. The highest BCUT2D eigenvalue weighted by molar-refractivity contribution is 6.00. The minimum absolute atomic E-state index is 0.352. The zero-order valence-corrected chi connectivity index (χ0v) is 7.32. The molecule has 0 atom stereocenters. The molecule has 0 fully saturated rings. The largest absolute Gasteiger partial charge is 0.285 e. The first kappa shape index (κ1) is 8.46. The summed E-state index contributed by atoms with van der Waals surface area (Å²) < 4.78 is 0. The zero-order valence-electron chi connectivity index (χ0n) is 7.32. The molecular formula is C12H6NO. The molecule has 0 spiro atoms. The fourth-order valence-corrected chi connectivity index (χ4v) is 1.47. The van der Waals surface area contributed by atoms with Crippen molar-refractivity contribution < 1.29 is 4.79 Å². The number of hydrogen-bond donors (Lipinski definition) is 0. The van der Waals surface area contributed by atoms with E-state index in [1.165, 1.54) is 0 Å². The summed E-state index contributed by atoms with van der Waals surface area (Å²) in [6.07, 6.45) is 1.82. The number of carbonyl (C=O) groups excluding carboxylic acids is 1. The SMILES string of the molecule is N#Cc1ccc2ccccc2c1[C]=O. The van der Waals surface area contributed by atoms with Crippen LogP contribution in [0.3, 0.4) is 0 Å². The van der Waals surface area contributed by atoms with Gasteiger partial charge in [-0.25, -0.2) is 0 Å². The normalized spacial score (nSPS) is 9.64. The topological polar surface area (TPSA) is 40.9 Å². The summed E-state index contributed by atoms with van der Waals surface area (Å²) in [6.45, 7) is 0. The van der Waals surface area contributed by atoms with E-state index in [0.717, 1.165) is 10.8 Å². The summed E-state index contributed by atoms with van der Waals surface area (Å²) in [5, 5.41) is 10.5. The third-order valence-corrected chi connectivity index (χ3v) is 2.15. The van der Waals surface area contributed by atoms with Crippen LogP contribution < -0.4 is 0 Å². The van der Waals surface area contributed by atoms with Gasteiger partial charge in [-0.15, -0.1) is 0 Å². The standard InChI is InChI=1S/C12H6NO/c13-7-10-6-5-9-3-1-2-4-11(9)12(10)8-14/h1-6H. The van der Waals surface area contributed by atoms with Gasteiger partial charge in [-0.2, -0.15) is 5.26 Å². The molecule has 0 heterocycles. The molecule has 0 amide bonds. The van der Waals surface area contributed by atoms with E-state index < -0.39 is 0 Å².